The molecule has 0 aliphatic carbocycles. The molecule has 4 atom stereocenters. The maximum Gasteiger partial charge on any atom is 0.410 e. The van der Waals surface area contributed by atoms with Crippen molar-refractivity contribution in [2.24, 2.45) is 0 Å². The van der Waals surface area contributed by atoms with Crippen LogP contribution in [0.2, 0.25) is 0 Å². The van der Waals surface area contributed by atoms with Gasteiger partial charge in [0.2, 0.25) is 47.3 Å². The Morgan fingerprint density at radius 2 is 0.891 bits per heavy atom. The minimum Gasteiger partial charge on any atom is -0.444 e. The van der Waals surface area contributed by atoms with Crippen molar-refractivity contribution in [1.29, 1.82) is 0 Å². The minimum absolute atomic E-state index is 0.183. The van der Waals surface area contributed by atoms with Gasteiger partial charge in [-0.15, -0.1) is 0 Å². The van der Waals surface area contributed by atoms with Gasteiger partial charge in [-0.2, -0.15) is 0 Å². The molecule has 9 amide bonds. The van der Waals surface area contributed by atoms with Crippen LogP contribution in [-0.4, -0.2) is 124 Å². The number of benzene rings is 5. The fraction of sp³-hybridized carbons (Fsp3) is 0.308. The summed E-state index contributed by atoms with van der Waals surface area (Å²) in [6, 6.07) is 44.8. The van der Waals surface area contributed by atoms with Crippen LogP contribution < -0.4 is 21.3 Å². The Labute approximate surface area is 580 Å². The number of rotatable bonds is 12. The van der Waals surface area contributed by atoms with E-state index in [4.69, 9.17) is 9.47 Å². The number of aryl methyl sites for hydroxylation is 2. The molecule has 0 radical (unpaired) electrons. The number of nitrogens with zero attached hydrogens (tertiary/aromatic N) is 8. The smallest absolute Gasteiger partial charge is 0.410 e. The molecular weight excluding hydrogens is 1280 g/mol. The maximum atomic E-state index is 12.6. The Morgan fingerprint density at radius 3 is 1.40 bits per heavy atom. The average Bonchev–Trinajstić information content (AvgIpc) is 1.63. The largest absolute Gasteiger partial charge is 0.444 e. The first kappa shape index (κ1) is 68.1. The number of aromatic nitrogens is 7. The van der Waals surface area contributed by atoms with E-state index < -0.39 is 17.7 Å². The third-order valence-corrected chi connectivity index (χ3v) is 18.8. The predicted octanol–water partition coefficient (Wildman–Crippen LogP) is 11.8. The van der Waals surface area contributed by atoms with Crippen LogP contribution in [0.5, 0.6) is 0 Å². The Balaban J connectivity index is 0.000000124. The van der Waals surface area contributed by atoms with Gasteiger partial charge in [-0.3, -0.25) is 64.6 Å². The van der Waals surface area contributed by atoms with Gasteiger partial charge in [-0.05, 0) is 144 Å². The fourth-order valence-electron chi connectivity index (χ4n) is 14.2. The first-order valence-corrected chi connectivity index (χ1v) is 34.2. The van der Waals surface area contributed by atoms with Crippen LogP contribution in [0.1, 0.15) is 120 Å². The molecular formula is C78H78N12O11. The zero-order valence-corrected chi connectivity index (χ0v) is 56.9. The third-order valence-electron chi connectivity index (χ3n) is 18.8. The zero-order valence-electron chi connectivity index (χ0n) is 56.9. The van der Waals surface area contributed by atoms with E-state index in [1.54, 1.807) is 24.3 Å². The molecule has 5 aromatic carbocycles. The van der Waals surface area contributed by atoms with Crippen molar-refractivity contribution in [2.75, 3.05) is 26.8 Å². The number of ether oxygens (including phenoxy) is 2. The molecule has 16 rings (SSSR count). The van der Waals surface area contributed by atoms with Crippen molar-refractivity contribution in [1.82, 2.24) is 59.4 Å². The first-order valence-electron chi connectivity index (χ1n) is 34.2. The summed E-state index contributed by atoms with van der Waals surface area (Å²) in [5.41, 5.74) is 9.27. The summed E-state index contributed by atoms with van der Waals surface area (Å²) in [5.74, 6) is -1.78. The predicted molar refractivity (Wildman–Crippen MR) is 384 cm³/mol. The monoisotopic (exact) mass is 1360 g/mol. The van der Waals surface area contributed by atoms with Gasteiger partial charge in [-0.1, -0.05) is 78.9 Å². The van der Waals surface area contributed by atoms with Gasteiger partial charge in [0.1, 0.15) is 41.1 Å². The Bertz CT molecular complexity index is 5020. The summed E-state index contributed by atoms with van der Waals surface area (Å²) in [7, 11) is 1.73. The molecule has 4 unspecified atom stereocenters. The molecule has 11 heterocycles. The molecule has 7 aromatic heterocycles. The first-order chi connectivity index (χ1) is 48.8. The van der Waals surface area contributed by atoms with Gasteiger partial charge in [0.05, 0.1) is 16.6 Å². The number of carbonyl (C=O) groups is 9. The van der Waals surface area contributed by atoms with Crippen LogP contribution in [0.25, 0.3) is 87.5 Å². The lowest BCUT2D eigenvalue weighted by atomic mass is 10.0. The van der Waals surface area contributed by atoms with Crippen LogP contribution in [0, 0.1) is 6.92 Å². The quantitative estimate of drug-likeness (QED) is 0.0654. The second-order valence-corrected chi connectivity index (χ2v) is 26.9. The van der Waals surface area contributed by atoms with E-state index in [1.807, 2.05) is 163 Å². The van der Waals surface area contributed by atoms with Crippen LogP contribution in [0.4, 0.5) is 4.79 Å². The van der Waals surface area contributed by atoms with Gasteiger partial charge in [-0.25, -0.2) is 14.8 Å². The number of hydrogen-bond acceptors (Lipinski definition) is 14. The summed E-state index contributed by atoms with van der Waals surface area (Å²) in [6.07, 6.45) is 12.7. The van der Waals surface area contributed by atoms with Gasteiger partial charge in [0.25, 0.3) is 0 Å². The van der Waals surface area contributed by atoms with Crippen LogP contribution in [-0.2, 0) is 54.3 Å². The van der Waals surface area contributed by atoms with Crippen LogP contribution in [0.15, 0.2) is 164 Å². The lowest BCUT2D eigenvalue weighted by molar-refractivity contribution is -0.137. The molecule has 4 aliphatic heterocycles. The molecule has 4 fully saturated rings. The summed E-state index contributed by atoms with van der Waals surface area (Å²) in [5, 5.41) is 18.3. The highest BCUT2D eigenvalue weighted by Crippen LogP contribution is 2.39. The second-order valence-electron chi connectivity index (χ2n) is 26.9. The van der Waals surface area contributed by atoms with E-state index in [-0.39, 0.29) is 65.4 Å². The summed E-state index contributed by atoms with van der Waals surface area (Å²) >= 11 is 0. The molecule has 0 bridgehead atoms. The number of hydrogen-bond donors (Lipinski definition) is 4. The van der Waals surface area contributed by atoms with E-state index in [9.17, 15) is 43.2 Å². The van der Waals surface area contributed by atoms with Gasteiger partial charge < -0.3 is 32.6 Å². The molecule has 23 nitrogen and oxygen atoms in total. The summed E-state index contributed by atoms with van der Waals surface area (Å²) < 4.78 is 19.2. The lowest BCUT2D eigenvalue weighted by Gasteiger charge is -2.24. The van der Waals surface area contributed by atoms with Crippen LogP contribution >= 0.6 is 0 Å². The number of amides is 9. The summed E-state index contributed by atoms with van der Waals surface area (Å²) in [6.45, 7) is 9.36. The minimum atomic E-state index is -0.499. The van der Waals surface area contributed by atoms with Gasteiger partial charge in [0, 0.05) is 137 Å². The van der Waals surface area contributed by atoms with Crippen molar-refractivity contribution >= 4 is 141 Å². The number of fused-ring (bicyclic) bond motifs is 12. The van der Waals surface area contributed by atoms with E-state index >= 15 is 0 Å². The van der Waals surface area contributed by atoms with Crippen LogP contribution in [0.3, 0.4) is 0 Å². The Morgan fingerprint density at radius 1 is 0.465 bits per heavy atom. The maximum absolute atomic E-state index is 12.6. The van der Waals surface area contributed by atoms with Crippen molar-refractivity contribution in [3.8, 4) is 0 Å². The number of pyridine rings is 3. The van der Waals surface area contributed by atoms with Crippen molar-refractivity contribution < 1.29 is 52.6 Å². The molecule has 23 heteroatoms. The number of imide groups is 4. The molecule has 4 N–H and O–H groups in total. The van der Waals surface area contributed by atoms with E-state index in [1.165, 1.54) is 5.56 Å². The number of nitrogens with one attached hydrogen (secondary N) is 4. The SMILES string of the molecule is CN(CCCOCCCc1ccc2c(c1)c1cccnc1n2C1CCC(=O)NC1=O)C(=O)OC(C)(C)C.Cc1cnc2c(c1)c1ccccc1n2C1CCC(=O)NC1=O.O=C1CCC(n2c3ccccc3c3ccccc32)C(=O)N1.O=C1CCC(n2c3ccccc3c3cnccc32)C(=O)N1. The Hall–Kier alpha value is -11.5. The topological polar surface area (TPSA) is 282 Å². The molecule has 0 saturated carbocycles. The molecule has 12 aromatic rings. The molecule has 101 heavy (non-hydrogen) atoms. The average molecular weight is 1360 g/mol. The fourth-order valence-corrected chi connectivity index (χ4v) is 14.2. The van der Waals surface area contributed by atoms with Crippen molar-refractivity contribution in [3.63, 3.8) is 0 Å². The summed E-state index contributed by atoms with van der Waals surface area (Å²) in [4.78, 5) is 122. The molecule has 4 saturated heterocycles. The zero-order chi connectivity index (χ0) is 70.6. The molecule has 0 spiro atoms. The standard InChI is InChI=1S/C28H36N4O5.C17H15N3O2.C17H14N2O2.C16H13N3O2/c1-28(2,3)37-27(35)31(4)15-7-17-36-16-6-8-19-10-11-22-21(18-19)20-9-5-14-29-25(20)32(22)23-12-13-24(33)30-26(23)34;1-10-8-12-11-4-2-3-5-13(11)20(16(12)18-9-10)14-6-7-15(21)19-17(14)22;20-16-10-9-15(17(21)18-16)19-13-7-3-1-5-11(13)12-6-2-4-8-14(12)19;20-15-6-5-14(16(21)18-15)19-12-4-2-1-3-10(12)11-9-17-8-7-13(11)19/h5,9-11,14,18,23H,6-8,12-13,15-17H2,1-4H3,(H,30,33,34);2-5,8-9,14H,6-7H2,1H3,(H,19,21,22);1-8,15H,9-10H2,(H,18,20,21);1-4,7-9,14H,5-6H2,(H,18,20,21). The number of para-hydroxylation sites is 4. The van der Waals surface area contributed by atoms with E-state index in [2.05, 4.69) is 71.1 Å². The third kappa shape index (κ3) is 14.3. The van der Waals surface area contributed by atoms with E-state index in [0.717, 1.165) is 112 Å². The van der Waals surface area contributed by atoms with Crippen molar-refractivity contribution in [2.45, 2.75) is 128 Å². The molecule has 516 valence electrons. The number of carbonyl (C=O) groups excluding carboxylic acids is 9. The molecule has 4 aliphatic rings. The highest BCUT2D eigenvalue weighted by atomic mass is 16.6. The normalized spacial score (nSPS) is 18.0. The highest BCUT2D eigenvalue weighted by molar-refractivity contribution is 6.13. The Kier molecular flexibility index (Phi) is 19.7. The van der Waals surface area contributed by atoms with Crippen molar-refractivity contribution in [3.05, 3.63) is 175 Å². The lowest BCUT2D eigenvalue weighted by Crippen LogP contribution is -2.41. The van der Waals surface area contributed by atoms with Gasteiger partial charge >= 0.3 is 6.09 Å². The number of piperidine rings is 4. The second kappa shape index (κ2) is 29.2. The van der Waals surface area contributed by atoms with E-state index in [0.29, 0.717) is 71.1 Å². The highest BCUT2D eigenvalue weighted by Gasteiger charge is 2.35. The van der Waals surface area contributed by atoms with Gasteiger partial charge in [0.15, 0.2) is 0 Å².